The van der Waals surface area contributed by atoms with Crippen molar-refractivity contribution in [2.45, 2.75) is 39.5 Å². The maximum atomic E-state index is 9.72. The molecule has 0 aromatic heterocycles. The molecule has 0 fully saturated rings. The monoisotopic (exact) mass is 608 g/mol. The summed E-state index contributed by atoms with van der Waals surface area (Å²) in [5.41, 5.74) is 21.0. The van der Waals surface area contributed by atoms with Crippen LogP contribution in [0.25, 0.3) is 76.8 Å². The first-order valence-electron chi connectivity index (χ1n) is 18.6. The fraction of sp³-hybridized carbons (Fsp3) is 0.130. The van der Waals surface area contributed by atoms with Crippen molar-refractivity contribution >= 4 is 78.5 Å². The highest BCUT2D eigenvalue weighted by molar-refractivity contribution is 7.03. The summed E-state index contributed by atoms with van der Waals surface area (Å²) < 4.78 is 19.4. The summed E-state index contributed by atoms with van der Waals surface area (Å²) in [4.78, 5) is 0. The normalized spacial score (nSPS) is 14.7. The molecule has 8 aromatic carbocycles. The van der Waals surface area contributed by atoms with Crippen molar-refractivity contribution in [3.8, 4) is 44.5 Å². The largest absolute Gasteiger partial charge is 0.244 e. The van der Waals surface area contributed by atoms with Crippen molar-refractivity contribution in [3.63, 3.8) is 0 Å². The Kier molecular flexibility index (Phi) is 4.27. The predicted molar refractivity (Wildman–Crippen MR) is 209 cm³/mol. The molecular weight excluding hydrogens is 574 g/mol. The summed E-state index contributed by atoms with van der Waals surface area (Å²) in [6.07, 6.45) is 0. The van der Waals surface area contributed by atoms with Crippen LogP contribution in [0, 0.1) is 0 Å². The molecule has 8 aromatic rings. The minimum absolute atomic E-state index is 0.109. The van der Waals surface area contributed by atoms with E-state index >= 15 is 0 Å². The zero-order chi connectivity index (χ0) is 33.5. The Labute approximate surface area is 284 Å². The van der Waals surface area contributed by atoms with Gasteiger partial charge in [-0.1, -0.05) is 170 Å². The molecule has 0 atom stereocenters. The summed E-state index contributed by atoms with van der Waals surface area (Å²) in [5.74, 6) is 0.784. The van der Waals surface area contributed by atoms with Crippen molar-refractivity contribution < 1.29 is 2.74 Å². The minimum atomic E-state index is 0.109. The van der Waals surface area contributed by atoms with Crippen molar-refractivity contribution in [1.29, 1.82) is 0 Å². The van der Waals surface area contributed by atoms with E-state index in [4.69, 9.17) is 0 Å². The molecule has 0 saturated carbocycles. The van der Waals surface area contributed by atoms with Gasteiger partial charge in [0.2, 0.25) is 13.4 Å². The van der Waals surface area contributed by atoms with Gasteiger partial charge in [-0.2, -0.15) is 0 Å². The topological polar surface area (TPSA) is 0 Å². The highest BCUT2D eigenvalue weighted by Crippen LogP contribution is 2.47. The number of benzene rings is 8. The first kappa shape index (κ1) is 24.1. The highest BCUT2D eigenvalue weighted by atomic mass is 14.3. The summed E-state index contributed by atoms with van der Waals surface area (Å²) in [7, 11) is 0. The molecule has 0 amide bonds. The maximum absolute atomic E-state index is 9.72. The molecule has 4 heterocycles. The third-order valence-electron chi connectivity index (χ3n) is 12.4. The van der Waals surface area contributed by atoms with Crippen LogP contribution in [0.3, 0.4) is 0 Å². The third kappa shape index (κ3) is 2.86. The van der Waals surface area contributed by atoms with Gasteiger partial charge in [0.25, 0.3) is 0 Å². The number of hydrogen-bond acceptors (Lipinski definition) is 0. The molecule has 0 bridgehead atoms. The molecule has 4 aliphatic rings. The van der Waals surface area contributed by atoms with Gasteiger partial charge in [0.05, 0.1) is 2.74 Å². The second-order valence-corrected chi connectivity index (χ2v) is 15.3. The van der Waals surface area contributed by atoms with Gasteiger partial charge in [0, 0.05) is 0 Å². The van der Waals surface area contributed by atoms with E-state index in [1.165, 1.54) is 110 Å². The van der Waals surface area contributed by atoms with E-state index in [0.29, 0.717) is 23.9 Å². The van der Waals surface area contributed by atoms with Crippen LogP contribution in [0.5, 0.6) is 0 Å². The van der Waals surface area contributed by atoms with Gasteiger partial charge >= 0.3 is 0 Å². The van der Waals surface area contributed by atoms with Gasteiger partial charge in [-0.25, -0.2) is 0 Å². The lowest BCUT2D eigenvalue weighted by Crippen LogP contribution is -2.52. The lowest BCUT2D eigenvalue weighted by molar-refractivity contribution is 0.868. The SMILES string of the molecule is [2H]c1cc2c3c(cc4c([2H])cc5c6c(cc1c3c46)B1c3ccccc3-c3cc(C(C)C)cc-5c31)B1c3ccccc3-c3cc(C(C)C)cc-2c31. The molecule has 0 saturated heterocycles. The van der Waals surface area contributed by atoms with Crippen LogP contribution in [-0.2, 0) is 0 Å². The Bertz CT molecular complexity index is 2720. The molecule has 0 spiro atoms. The van der Waals surface area contributed by atoms with E-state index in [-0.39, 0.29) is 13.4 Å². The molecule has 48 heavy (non-hydrogen) atoms. The van der Waals surface area contributed by atoms with Gasteiger partial charge in [0.15, 0.2) is 0 Å². The Morgan fingerprint density at radius 1 is 0.417 bits per heavy atom. The molecule has 2 heteroatoms. The van der Waals surface area contributed by atoms with Crippen LogP contribution >= 0.6 is 0 Å². The number of fused-ring (bicyclic) bond motifs is 10. The zero-order valence-electron chi connectivity index (χ0n) is 29.5. The fourth-order valence-electron chi connectivity index (χ4n) is 10.3. The summed E-state index contributed by atoms with van der Waals surface area (Å²) >= 11 is 0. The molecule has 0 aliphatic carbocycles. The Morgan fingerprint density at radius 3 is 1.23 bits per heavy atom. The van der Waals surface area contributed by atoms with Crippen LogP contribution in [0.1, 0.15) is 53.4 Å². The van der Waals surface area contributed by atoms with Gasteiger partial charge in [-0.05, 0) is 99.8 Å². The Balaban J connectivity index is 1.30. The molecular formula is C46H32B2. The van der Waals surface area contributed by atoms with Crippen LogP contribution < -0.4 is 32.8 Å². The average Bonchev–Trinajstić information content (AvgIpc) is 3.64. The molecule has 0 radical (unpaired) electrons. The van der Waals surface area contributed by atoms with Crippen molar-refractivity contribution in [1.82, 2.24) is 0 Å². The second kappa shape index (κ2) is 8.50. The van der Waals surface area contributed by atoms with Crippen molar-refractivity contribution in [3.05, 3.63) is 120 Å². The van der Waals surface area contributed by atoms with Crippen LogP contribution in [0.4, 0.5) is 0 Å². The molecule has 12 rings (SSSR count). The van der Waals surface area contributed by atoms with Crippen LogP contribution in [0.15, 0.2) is 109 Å². The van der Waals surface area contributed by atoms with Gasteiger partial charge in [-0.15, -0.1) is 0 Å². The van der Waals surface area contributed by atoms with Crippen LogP contribution in [-0.4, -0.2) is 13.4 Å². The lowest BCUT2D eigenvalue weighted by atomic mass is 9.34. The summed E-state index contributed by atoms with van der Waals surface area (Å²) in [5, 5.41) is 6.94. The van der Waals surface area contributed by atoms with Crippen molar-refractivity contribution in [2.24, 2.45) is 0 Å². The number of hydrogen-bond donors (Lipinski definition) is 0. The van der Waals surface area contributed by atoms with E-state index in [1.54, 1.807) is 0 Å². The van der Waals surface area contributed by atoms with Gasteiger partial charge in [0.1, 0.15) is 0 Å². The highest BCUT2D eigenvalue weighted by Gasteiger charge is 2.44. The molecule has 4 aliphatic heterocycles. The van der Waals surface area contributed by atoms with E-state index in [9.17, 15) is 2.74 Å². The summed E-state index contributed by atoms with van der Waals surface area (Å²) in [6.45, 7) is 9.36. The first-order valence-corrected chi connectivity index (χ1v) is 17.6. The Morgan fingerprint density at radius 2 is 0.812 bits per heavy atom. The van der Waals surface area contributed by atoms with Crippen molar-refractivity contribution in [2.75, 3.05) is 0 Å². The molecule has 0 unspecified atom stereocenters. The predicted octanol–water partition coefficient (Wildman–Crippen LogP) is 7.78. The molecule has 0 N–H and O–H groups in total. The van der Waals surface area contributed by atoms with Gasteiger partial charge < -0.3 is 0 Å². The lowest BCUT2D eigenvalue weighted by Gasteiger charge is -2.31. The second-order valence-electron chi connectivity index (χ2n) is 15.3. The maximum Gasteiger partial charge on any atom is 0.244 e. The first-order chi connectivity index (χ1) is 24.3. The Hall–Kier alpha value is -5.07. The number of rotatable bonds is 2. The quantitative estimate of drug-likeness (QED) is 0.139. The smallest absolute Gasteiger partial charge is 0.0664 e. The van der Waals surface area contributed by atoms with E-state index in [0.717, 1.165) is 10.8 Å². The van der Waals surface area contributed by atoms with Gasteiger partial charge in [-0.3, -0.25) is 0 Å². The zero-order valence-corrected chi connectivity index (χ0v) is 27.5. The summed E-state index contributed by atoms with van der Waals surface area (Å²) in [6, 6.07) is 37.8. The van der Waals surface area contributed by atoms with E-state index in [1.807, 2.05) is 0 Å². The van der Waals surface area contributed by atoms with E-state index in [2.05, 4.69) is 125 Å². The molecule has 222 valence electrons. The fourth-order valence-corrected chi connectivity index (χ4v) is 10.3. The van der Waals surface area contributed by atoms with E-state index < -0.39 is 0 Å². The standard InChI is InChI=1S/C46H32B2/c1-23(2)27-17-33-29-9-5-7-11-37(29)47-39-21-26-14-16-32-36-20-28(24(3)4)18-34-30-10-6-8-12-38(30)48(46(34)36)40-22-25-13-15-31(35(19-27)45(33)47)43(39)41(25)42(26)44(32)40/h5-24H,1-4H3/i13D,14D. The molecule has 0 nitrogen and oxygen atoms in total. The minimum Gasteiger partial charge on any atom is -0.0664 e. The third-order valence-corrected chi connectivity index (χ3v) is 12.4. The van der Waals surface area contributed by atoms with Crippen LogP contribution in [0.2, 0.25) is 0 Å². The average molecular weight is 608 g/mol.